The maximum absolute atomic E-state index is 12.3. The second kappa shape index (κ2) is 4.51. The molecule has 0 bridgehead atoms. The molecule has 1 aromatic rings. The van der Waals surface area contributed by atoms with Gasteiger partial charge in [-0.15, -0.1) is 0 Å². The first-order valence-corrected chi connectivity index (χ1v) is 7.54. The van der Waals surface area contributed by atoms with Gasteiger partial charge in [0.25, 0.3) is 0 Å². The van der Waals surface area contributed by atoms with E-state index >= 15 is 0 Å². The lowest BCUT2D eigenvalue weighted by Crippen LogP contribution is -2.41. The fraction of sp³-hybridized carbons (Fsp3) is 0.583. The van der Waals surface area contributed by atoms with Gasteiger partial charge >= 0.3 is 0 Å². The van der Waals surface area contributed by atoms with Crippen LogP contribution in [0, 0.1) is 5.41 Å². The molecule has 1 aliphatic rings. The van der Waals surface area contributed by atoms with Crippen LogP contribution >= 0.6 is 0 Å². The summed E-state index contributed by atoms with van der Waals surface area (Å²) < 4.78 is 27.3. The van der Waals surface area contributed by atoms with Crippen molar-refractivity contribution in [2.75, 3.05) is 5.73 Å². The summed E-state index contributed by atoms with van der Waals surface area (Å²) in [5, 5.41) is 0. The summed E-state index contributed by atoms with van der Waals surface area (Å²) in [6.45, 7) is 4.17. The van der Waals surface area contributed by atoms with Crippen molar-refractivity contribution in [1.82, 2.24) is 9.71 Å². The Balaban J connectivity index is 2.26. The first-order valence-electron chi connectivity index (χ1n) is 6.06. The van der Waals surface area contributed by atoms with Crippen molar-refractivity contribution < 1.29 is 8.42 Å². The van der Waals surface area contributed by atoms with Crippen molar-refractivity contribution in [2.45, 2.75) is 44.0 Å². The molecule has 3 N–H and O–H groups in total. The normalized spacial score (nSPS) is 23.1. The molecule has 0 radical (unpaired) electrons. The molecular formula is C12H19N3O2S. The second-order valence-electron chi connectivity index (χ2n) is 5.44. The molecule has 1 aliphatic carbocycles. The fourth-order valence-corrected chi connectivity index (χ4v) is 3.95. The first-order chi connectivity index (χ1) is 8.33. The second-order valence-corrected chi connectivity index (χ2v) is 7.12. The molecular weight excluding hydrogens is 250 g/mol. The quantitative estimate of drug-likeness (QED) is 0.871. The van der Waals surface area contributed by atoms with Gasteiger partial charge in [-0.25, -0.2) is 18.1 Å². The zero-order chi connectivity index (χ0) is 13.4. The van der Waals surface area contributed by atoms with E-state index in [0.717, 1.165) is 19.3 Å². The van der Waals surface area contributed by atoms with Gasteiger partial charge in [-0.1, -0.05) is 20.3 Å². The molecule has 2 rings (SSSR count). The van der Waals surface area contributed by atoms with E-state index in [1.54, 1.807) is 6.07 Å². The number of hydrogen-bond acceptors (Lipinski definition) is 4. The van der Waals surface area contributed by atoms with Crippen LogP contribution in [0.15, 0.2) is 23.2 Å². The van der Waals surface area contributed by atoms with E-state index in [-0.39, 0.29) is 22.2 Å². The summed E-state index contributed by atoms with van der Waals surface area (Å²) in [5.41, 5.74) is 5.61. The Kier molecular flexibility index (Phi) is 3.33. The van der Waals surface area contributed by atoms with Crippen LogP contribution in [-0.4, -0.2) is 19.4 Å². The highest BCUT2D eigenvalue weighted by Gasteiger charge is 2.37. The third kappa shape index (κ3) is 2.49. The molecule has 0 aromatic carbocycles. The number of aromatic nitrogens is 1. The molecule has 0 spiro atoms. The molecule has 0 aliphatic heterocycles. The summed E-state index contributed by atoms with van der Waals surface area (Å²) in [6.07, 6.45) is 4.42. The molecule has 1 fully saturated rings. The Hall–Kier alpha value is -1.14. The molecule has 0 amide bonds. The highest BCUT2D eigenvalue weighted by molar-refractivity contribution is 7.89. The van der Waals surface area contributed by atoms with E-state index in [2.05, 4.69) is 23.6 Å². The number of nitrogens with zero attached hydrogens (tertiary/aromatic N) is 1. The van der Waals surface area contributed by atoms with Crippen LogP contribution in [0.4, 0.5) is 5.82 Å². The molecule has 18 heavy (non-hydrogen) atoms. The smallest absolute Gasteiger partial charge is 0.244 e. The zero-order valence-electron chi connectivity index (χ0n) is 10.7. The monoisotopic (exact) mass is 269 g/mol. The average Bonchev–Trinajstić information content (AvgIpc) is 2.58. The zero-order valence-corrected chi connectivity index (χ0v) is 11.5. The van der Waals surface area contributed by atoms with Crippen LogP contribution in [0.25, 0.3) is 0 Å². The molecule has 1 unspecified atom stereocenters. The molecule has 1 aromatic heterocycles. The Bertz CT molecular complexity index is 540. The Morgan fingerprint density at radius 3 is 2.78 bits per heavy atom. The van der Waals surface area contributed by atoms with E-state index < -0.39 is 10.0 Å². The number of nitrogen functional groups attached to an aromatic ring is 1. The fourth-order valence-electron chi connectivity index (χ4n) is 2.43. The van der Waals surface area contributed by atoms with Gasteiger partial charge in [-0.3, -0.25) is 0 Å². The van der Waals surface area contributed by atoms with Crippen molar-refractivity contribution in [3.63, 3.8) is 0 Å². The lowest BCUT2D eigenvalue weighted by Gasteiger charge is -2.27. The molecule has 0 saturated heterocycles. The topological polar surface area (TPSA) is 85.1 Å². The van der Waals surface area contributed by atoms with Crippen molar-refractivity contribution in [3.05, 3.63) is 18.3 Å². The van der Waals surface area contributed by atoms with Crippen LogP contribution in [0.1, 0.15) is 33.1 Å². The van der Waals surface area contributed by atoms with Gasteiger partial charge in [0.05, 0.1) is 0 Å². The van der Waals surface area contributed by atoms with Crippen LogP contribution < -0.4 is 10.5 Å². The van der Waals surface area contributed by atoms with Crippen LogP contribution in [0.5, 0.6) is 0 Å². The van der Waals surface area contributed by atoms with Gasteiger partial charge in [0.2, 0.25) is 10.0 Å². The van der Waals surface area contributed by atoms with Gasteiger partial charge in [-0.05, 0) is 30.4 Å². The Morgan fingerprint density at radius 2 is 2.22 bits per heavy atom. The molecule has 1 heterocycles. The maximum atomic E-state index is 12.3. The summed E-state index contributed by atoms with van der Waals surface area (Å²) >= 11 is 0. The minimum atomic E-state index is -3.58. The SMILES string of the molecule is CC1(C)CCCC1NS(=O)(=O)c1cccnc1N. The number of nitrogens with one attached hydrogen (secondary N) is 1. The van der Waals surface area contributed by atoms with E-state index in [1.165, 1.54) is 12.3 Å². The van der Waals surface area contributed by atoms with Crippen molar-refractivity contribution >= 4 is 15.8 Å². The van der Waals surface area contributed by atoms with Crippen molar-refractivity contribution in [1.29, 1.82) is 0 Å². The largest absolute Gasteiger partial charge is 0.383 e. The minimum Gasteiger partial charge on any atom is -0.383 e. The summed E-state index contributed by atoms with van der Waals surface area (Å²) in [7, 11) is -3.58. The van der Waals surface area contributed by atoms with Crippen LogP contribution in [0.2, 0.25) is 0 Å². The van der Waals surface area contributed by atoms with Gasteiger partial charge in [0, 0.05) is 12.2 Å². The highest BCUT2D eigenvalue weighted by Crippen LogP contribution is 2.38. The van der Waals surface area contributed by atoms with E-state index in [0.29, 0.717) is 0 Å². The number of hydrogen-bond donors (Lipinski definition) is 2. The minimum absolute atomic E-state index is 0.00988. The Labute approximate surface area is 108 Å². The average molecular weight is 269 g/mol. The van der Waals surface area contributed by atoms with E-state index in [1.807, 2.05) is 0 Å². The maximum Gasteiger partial charge on any atom is 0.244 e. The number of sulfonamides is 1. The number of nitrogens with two attached hydrogens (primary N) is 1. The van der Waals surface area contributed by atoms with Gasteiger partial charge < -0.3 is 5.73 Å². The van der Waals surface area contributed by atoms with E-state index in [4.69, 9.17) is 5.73 Å². The molecule has 1 saturated carbocycles. The van der Waals surface area contributed by atoms with Gasteiger partial charge in [0.1, 0.15) is 10.7 Å². The summed E-state index contributed by atoms with van der Waals surface area (Å²) in [6, 6.07) is 3.01. The van der Waals surface area contributed by atoms with E-state index in [9.17, 15) is 8.42 Å². The van der Waals surface area contributed by atoms with Crippen LogP contribution in [0.3, 0.4) is 0 Å². The first kappa shape index (κ1) is 13.3. The Morgan fingerprint density at radius 1 is 1.50 bits per heavy atom. The molecule has 5 nitrogen and oxygen atoms in total. The predicted octanol–water partition coefficient (Wildman–Crippen LogP) is 1.52. The third-order valence-electron chi connectivity index (χ3n) is 3.64. The highest BCUT2D eigenvalue weighted by atomic mass is 32.2. The van der Waals surface area contributed by atoms with Gasteiger partial charge in [-0.2, -0.15) is 0 Å². The van der Waals surface area contributed by atoms with Gasteiger partial charge in [0.15, 0.2) is 0 Å². The number of anilines is 1. The lowest BCUT2D eigenvalue weighted by atomic mass is 9.88. The lowest BCUT2D eigenvalue weighted by molar-refractivity contribution is 0.313. The predicted molar refractivity (Wildman–Crippen MR) is 70.4 cm³/mol. The van der Waals surface area contributed by atoms with Crippen molar-refractivity contribution in [3.8, 4) is 0 Å². The molecule has 1 atom stereocenters. The van der Waals surface area contributed by atoms with Crippen LogP contribution in [-0.2, 0) is 10.0 Å². The molecule has 100 valence electrons. The molecule has 6 heteroatoms. The van der Waals surface area contributed by atoms with Crippen molar-refractivity contribution in [2.24, 2.45) is 5.41 Å². The standard InChI is InChI=1S/C12H19N3O2S/c1-12(2)7-3-6-10(12)15-18(16,17)9-5-4-8-14-11(9)13/h4-5,8,10,15H,3,6-7H2,1-2H3,(H2,13,14). The number of pyridine rings is 1. The third-order valence-corrected chi connectivity index (χ3v) is 5.16. The summed E-state index contributed by atoms with van der Waals surface area (Å²) in [4.78, 5) is 3.88. The summed E-state index contributed by atoms with van der Waals surface area (Å²) in [5.74, 6) is 0.0424. The number of rotatable bonds is 3.